The normalized spacial score (nSPS) is 11.4. The summed E-state index contributed by atoms with van der Waals surface area (Å²) in [7, 11) is 1.16. The highest BCUT2D eigenvalue weighted by Crippen LogP contribution is 2.31. The Morgan fingerprint density at radius 2 is 2.17 bits per heavy atom. The molecule has 0 aliphatic carbocycles. The number of carbonyl (C=O) groups is 1. The van der Waals surface area contributed by atoms with E-state index in [0.29, 0.717) is 0 Å². The van der Waals surface area contributed by atoms with Crippen molar-refractivity contribution in [1.29, 1.82) is 0 Å². The van der Waals surface area contributed by atoms with Gasteiger partial charge in [0.25, 0.3) is 0 Å². The molecule has 18 heavy (non-hydrogen) atoms. The van der Waals surface area contributed by atoms with Gasteiger partial charge in [-0.15, -0.1) is 0 Å². The number of halogens is 4. The Morgan fingerprint density at radius 1 is 1.56 bits per heavy atom. The number of hydrogen-bond acceptors (Lipinski definition) is 5. The van der Waals surface area contributed by atoms with Crippen molar-refractivity contribution in [2.24, 2.45) is 0 Å². The number of hydrogen-bond donors (Lipinski definition) is 0. The highest BCUT2D eigenvalue weighted by Gasteiger charge is 2.32. The van der Waals surface area contributed by atoms with Crippen LogP contribution in [0, 0.1) is 0 Å². The van der Waals surface area contributed by atoms with Crippen molar-refractivity contribution in [3.05, 3.63) is 10.0 Å². The molecule has 0 bridgehead atoms. The van der Waals surface area contributed by atoms with E-state index in [4.69, 9.17) is 11.6 Å². The fraction of sp³-hybridized carbons (Fsp3) is 0.556. The van der Waals surface area contributed by atoms with Gasteiger partial charge in [0.1, 0.15) is 6.54 Å². The van der Waals surface area contributed by atoms with Crippen LogP contribution in [-0.2, 0) is 4.74 Å². The average Bonchev–Trinajstić information content (AvgIpc) is 2.66. The van der Waals surface area contributed by atoms with Gasteiger partial charge in [-0.3, -0.25) is 0 Å². The van der Waals surface area contributed by atoms with Crippen LogP contribution in [0.5, 0.6) is 0 Å². The van der Waals surface area contributed by atoms with Crippen LogP contribution in [0.1, 0.15) is 16.6 Å². The molecule has 0 aliphatic rings. The summed E-state index contributed by atoms with van der Waals surface area (Å²) in [5, 5.41) is -0.109. The first-order valence-electron chi connectivity index (χ1n) is 4.84. The second-order valence-electron chi connectivity index (χ2n) is 3.24. The lowest BCUT2D eigenvalue weighted by Crippen LogP contribution is -2.33. The summed E-state index contributed by atoms with van der Waals surface area (Å²) in [6.45, 7) is 0.511. The largest absolute Gasteiger partial charge is 0.465 e. The van der Waals surface area contributed by atoms with Crippen molar-refractivity contribution in [1.82, 2.24) is 4.98 Å². The van der Waals surface area contributed by atoms with E-state index < -0.39 is 18.7 Å². The maximum Gasteiger partial charge on any atom is 0.406 e. The van der Waals surface area contributed by atoms with Crippen LogP contribution >= 0.6 is 22.9 Å². The van der Waals surface area contributed by atoms with Crippen molar-refractivity contribution in [3.63, 3.8) is 0 Å². The van der Waals surface area contributed by atoms with Crippen molar-refractivity contribution in [2.75, 3.05) is 25.1 Å². The fourth-order valence-corrected chi connectivity index (χ4v) is 2.44. The molecular formula is C9H10ClF3N2O2S. The number of esters is 1. The van der Waals surface area contributed by atoms with Gasteiger partial charge in [0.2, 0.25) is 0 Å². The molecule has 0 atom stereocenters. The molecule has 9 heteroatoms. The van der Waals surface area contributed by atoms with Crippen molar-refractivity contribution in [2.45, 2.75) is 13.1 Å². The Labute approximate surface area is 110 Å². The second-order valence-corrected chi connectivity index (χ2v) is 4.57. The molecule has 0 aliphatic heterocycles. The van der Waals surface area contributed by atoms with Gasteiger partial charge in [0.15, 0.2) is 15.2 Å². The molecule has 1 aromatic rings. The number of nitrogens with zero attached hydrogens (tertiary/aromatic N) is 2. The zero-order valence-corrected chi connectivity index (χ0v) is 11.1. The number of alkyl halides is 3. The topological polar surface area (TPSA) is 42.4 Å². The summed E-state index contributed by atoms with van der Waals surface area (Å²) in [5.74, 6) is -0.716. The summed E-state index contributed by atoms with van der Waals surface area (Å²) in [6, 6.07) is 0. The highest BCUT2D eigenvalue weighted by atomic mass is 35.5. The minimum Gasteiger partial charge on any atom is -0.465 e. The maximum atomic E-state index is 12.3. The standard InChI is InChI=1S/C9H10ClF3N2O2S/c1-3-15(4-9(11,12)13)8-14-6(10)5(18-8)7(16)17-2/h3-4H2,1-2H3. The van der Waals surface area contributed by atoms with E-state index in [9.17, 15) is 18.0 Å². The van der Waals surface area contributed by atoms with Crippen molar-refractivity contribution >= 4 is 34.0 Å². The Morgan fingerprint density at radius 3 is 2.61 bits per heavy atom. The minimum atomic E-state index is -4.35. The molecule has 0 spiro atoms. The van der Waals surface area contributed by atoms with Gasteiger partial charge in [-0.1, -0.05) is 22.9 Å². The summed E-state index contributed by atoms with van der Waals surface area (Å²) in [6.07, 6.45) is -4.35. The molecule has 1 rings (SSSR count). The number of anilines is 1. The predicted molar refractivity (Wildman–Crippen MR) is 62.4 cm³/mol. The maximum absolute atomic E-state index is 12.3. The number of aromatic nitrogens is 1. The van der Waals surface area contributed by atoms with E-state index in [1.54, 1.807) is 6.92 Å². The fourth-order valence-electron chi connectivity index (χ4n) is 1.18. The highest BCUT2D eigenvalue weighted by molar-refractivity contribution is 7.18. The van der Waals surface area contributed by atoms with E-state index in [0.717, 1.165) is 23.3 Å². The molecule has 1 aromatic heterocycles. The molecule has 102 valence electrons. The van der Waals surface area contributed by atoms with E-state index in [1.807, 2.05) is 0 Å². The van der Waals surface area contributed by atoms with E-state index in [2.05, 4.69) is 9.72 Å². The SMILES string of the molecule is CCN(CC(F)(F)F)c1nc(Cl)c(C(=O)OC)s1. The Balaban J connectivity index is 2.98. The third-order valence-electron chi connectivity index (χ3n) is 1.97. The number of carbonyl (C=O) groups excluding carboxylic acids is 1. The smallest absolute Gasteiger partial charge is 0.406 e. The van der Waals surface area contributed by atoms with Gasteiger partial charge in [0, 0.05) is 6.54 Å². The third kappa shape index (κ3) is 3.74. The molecule has 0 unspecified atom stereocenters. The number of thiazole rings is 1. The van der Waals surface area contributed by atoms with Gasteiger partial charge < -0.3 is 9.64 Å². The van der Waals surface area contributed by atoms with Gasteiger partial charge in [-0.05, 0) is 6.92 Å². The first kappa shape index (κ1) is 15.0. The Kier molecular flexibility index (Phi) is 4.80. The van der Waals surface area contributed by atoms with E-state index in [1.165, 1.54) is 0 Å². The zero-order chi connectivity index (χ0) is 13.9. The van der Waals surface area contributed by atoms with Crippen molar-refractivity contribution in [3.8, 4) is 0 Å². The first-order chi connectivity index (χ1) is 8.28. The van der Waals surface area contributed by atoms with Gasteiger partial charge >= 0.3 is 12.1 Å². The summed E-state index contributed by atoms with van der Waals surface area (Å²) in [5.41, 5.74) is 0. The lowest BCUT2D eigenvalue weighted by molar-refractivity contribution is -0.119. The Bertz CT molecular complexity index is 436. The molecule has 0 amide bonds. The molecule has 0 saturated carbocycles. The van der Waals surface area contributed by atoms with Crippen LogP contribution in [-0.4, -0.2) is 37.3 Å². The molecule has 0 radical (unpaired) electrons. The molecule has 0 saturated heterocycles. The van der Waals surface area contributed by atoms with Crippen LogP contribution in [0.3, 0.4) is 0 Å². The van der Waals surface area contributed by atoms with Gasteiger partial charge in [-0.2, -0.15) is 13.2 Å². The Hall–Kier alpha value is -1.02. The van der Waals surface area contributed by atoms with Crippen LogP contribution < -0.4 is 4.90 Å². The summed E-state index contributed by atoms with van der Waals surface area (Å²) in [4.78, 5) is 16.0. The van der Waals surface area contributed by atoms with E-state index >= 15 is 0 Å². The van der Waals surface area contributed by atoms with Crippen LogP contribution in [0.2, 0.25) is 5.15 Å². The molecule has 0 aromatic carbocycles. The van der Waals surface area contributed by atoms with E-state index in [-0.39, 0.29) is 21.7 Å². The zero-order valence-electron chi connectivity index (χ0n) is 9.55. The van der Waals surface area contributed by atoms with Gasteiger partial charge in [0.05, 0.1) is 7.11 Å². The lowest BCUT2D eigenvalue weighted by atomic mass is 10.5. The van der Waals surface area contributed by atoms with Crippen LogP contribution in [0.4, 0.5) is 18.3 Å². The lowest BCUT2D eigenvalue weighted by Gasteiger charge is -2.20. The monoisotopic (exact) mass is 302 g/mol. The average molecular weight is 303 g/mol. The van der Waals surface area contributed by atoms with Crippen LogP contribution in [0.15, 0.2) is 0 Å². The molecule has 0 fully saturated rings. The minimum absolute atomic E-state index is 0.00482. The quantitative estimate of drug-likeness (QED) is 0.802. The third-order valence-corrected chi connectivity index (χ3v) is 3.45. The molecule has 1 heterocycles. The summed E-state index contributed by atoms with van der Waals surface area (Å²) >= 11 is 6.46. The van der Waals surface area contributed by atoms with Gasteiger partial charge in [-0.25, -0.2) is 9.78 Å². The van der Waals surface area contributed by atoms with Crippen molar-refractivity contribution < 1.29 is 22.7 Å². The summed E-state index contributed by atoms with van der Waals surface area (Å²) < 4.78 is 41.4. The number of ether oxygens (including phenoxy) is 1. The molecular weight excluding hydrogens is 293 g/mol. The molecule has 4 nitrogen and oxygen atoms in total. The second kappa shape index (κ2) is 5.75. The van der Waals surface area contributed by atoms with Crippen LogP contribution in [0.25, 0.3) is 0 Å². The number of rotatable bonds is 4. The predicted octanol–water partition coefficient (Wildman–Crippen LogP) is 2.97. The number of methoxy groups -OCH3 is 1. The first-order valence-corrected chi connectivity index (χ1v) is 6.04. The molecule has 0 N–H and O–H groups in total.